The molecule has 1 aliphatic rings. The van der Waals surface area contributed by atoms with Gasteiger partial charge in [-0.25, -0.2) is 4.39 Å². The highest BCUT2D eigenvalue weighted by molar-refractivity contribution is 5.32. The number of likely N-dealkylation sites (tertiary alicyclic amines) is 1. The van der Waals surface area contributed by atoms with Crippen LogP contribution in [-0.2, 0) is 5.41 Å². The Bertz CT molecular complexity index is 626. The zero-order chi connectivity index (χ0) is 17.3. The number of rotatable bonds is 3. The van der Waals surface area contributed by atoms with E-state index in [2.05, 4.69) is 43.2 Å². The van der Waals surface area contributed by atoms with E-state index < -0.39 is 5.41 Å². The number of halogens is 1. The summed E-state index contributed by atoms with van der Waals surface area (Å²) in [6.45, 7) is 14.3. The Morgan fingerprint density at radius 1 is 1.39 bits per heavy atom. The normalized spacial score (nSPS) is 17.7. The van der Waals surface area contributed by atoms with E-state index >= 15 is 0 Å². The zero-order valence-electron chi connectivity index (χ0n) is 14.7. The van der Waals surface area contributed by atoms with Crippen LogP contribution >= 0.6 is 0 Å². The van der Waals surface area contributed by atoms with Gasteiger partial charge in [0.1, 0.15) is 5.82 Å². The maximum Gasteiger partial charge on any atom is 0.146 e. The van der Waals surface area contributed by atoms with Crippen LogP contribution in [0.15, 0.2) is 24.4 Å². The maximum absolute atomic E-state index is 14.3. The molecule has 23 heavy (non-hydrogen) atoms. The van der Waals surface area contributed by atoms with Crippen LogP contribution in [0.3, 0.4) is 0 Å². The molecular formula is C20H27FN2. The molecule has 0 bridgehead atoms. The van der Waals surface area contributed by atoms with E-state index in [-0.39, 0.29) is 11.2 Å². The Kier molecular flexibility index (Phi) is 4.84. The van der Waals surface area contributed by atoms with Crippen molar-refractivity contribution in [3.8, 4) is 12.3 Å². The molecule has 1 fully saturated rings. The molecule has 2 nitrogen and oxygen atoms in total. The third-order valence-electron chi connectivity index (χ3n) is 4.51. The number of hydrogen-bond donors (Lipinski definition) is 0. The highest BCUT2D eigenvalue weighted by Gasteiger charge is 2.38. The first-order valence-corrected chi connectivity index (χ1v) is 8.21. The zero-order valence-corrected chi connectivity index (χ0v) is 14.7. The molecule has 2 rings (SSSR count). The highest BCUT2D eigenvalue weighted by Crippen LogP contribution is 2.37. The summed E-state index contributed by atoms with van der Waals surface area (Å²) in [4.78, 5) is 6.70. The predicted octanol–water partition coefficient (Wildman–Crippen LogP) is 4.45. The van der Waals surface area contributed by atoms with Crippen LogP contribution in [0.4, 0.5) is 4.39 Å². The molecule has 1 aromatic rings. The summed E-state index contributed by atoms with van der Waals surface area (Å²) >= 11 is 0. The molecule has 0 atom stereocenters. The van der Waals surface area contributed by atoms with Gasteiger partial charge in [0.2, 0.25) is 0 Å². The molecule has 0 spiro atoms. The lowest BCUT2D eigenvalue weighted by molar-refractivity contribution is 0.205. The summed E-state index contributed by atoms with van der Waals surface area (Å²) < 4.78 is 14.3. The van der Waals surface area contributed by atoms with Crippen LogP contribution in [0.1, 0.15) is 51.4 Å². The quantitative estimate of drug-likeness (QED) is 0.767. The molecule has 0 N–H and O–H groups in total. The summed E-state index contributed by atoms with van der Waals surface area (Å²) in [6, 6.07) is 3.16. The number of piperidine rings is 1. The number of aromatic nitrogens is 1. The van der Waals surface area contributed by atoms with E-state index in [0.717, 1.165) is 30.9 Å². The standard InChI is InChI=1S/C20H27FN2/c1-7-20(18-17(21)9-8-15(2)22-18)10-12-23(13-11-20)16(3)14-19(4,5)6/h1,8-9H,3,10-14H2,2,4-6H3. The van der Waals surface area contributed by atoms with Gasteiger partial charge >= 0.3 is 0 Å². The summed E-state index contributed by atoms with van der Waals surface area (Å²) in [6.07, 6.45) is 8.18. The number of pyridine rings is 1. The van der Waals surface area contributed by atoms with Gasteiger partial charge < -0.3 is 4.90 Å². The van der Waals surface area contributed by atoms with Gasteiger partial charge in [-0.2, -0.15) is 0 Å². The number of terminal acetylenes is 1. The van der Waals surface area contributed by atoms with Crippen LogP contribution in [0, 0.1) is 30.5 Å². The molecule has 3 heteroatoms. The summed E-state index contributed by atoms with van der Waals surface area (Å²) in [5.74, 6) is 2.55. The van der Waals surface area contributed by atoms with E-state index in [1.165, 1.54) is 6.07 Å². The fourth-order valence-corrected chi connectivity index (χ4v) is 3.25. The molecule has 0 radical (unpaired) electrons. The predicted molar refractivity (Wildman–Crippen MR) is 93.5 cm³/mol. The van der Waals surface area contributed by atoms with E-state index in [4.69, 9.17) is 6.42 Å². The Morgan fingerprint density at radius 3 is 2.52 bits per heavy atom. The third-order valence-corrected chi connectivity index (χ3v) is 4.51. The summed E-state index contributed by atoms with van der Waals surface area (Å²) in [7, 11) is 0. The van der Waals surface area contributed by atoms with Gasteiger partial charge in [0.25, 0.3) is 0 Å². The van der Waals surface area contributed by atoms with Crippen molar-refractivity contribution in [1.29, 1.82) is 0 Å². The second-order valence-electron chi connectivity index (χ2n) is 7.80. The summed E-state index contributed by atoms with van der Waals surface area (Å²) in [5.41, 5.74) is 1.98. The summed E-state index contributed by atoms with van der Waals surface area (Å²) in [5, 5.41) is 0. The lowest BCUT2D eigenvalue weighted by atomic mass is 9.75. The molecule has 0 unspecified atom stereocenters. The molecule has 2 heterocycles. The average molecular weight is 314 g/mol. The first-order valence-electron chi connectivity index (χ1n) is 8.21. The number of hydrogen-bond acceptors (Lipinski definition) is 2. The van der Waals surface area contributed by atoms with Crippen molar-refractivity contribution in [2.75, 3.05) is 13.1 Å². The second kappa shape index (κ2) is 6.35. The third kappa shape index (κ3) is 3.93. The SMILES string of the molecule is C#CC1(c2nc(C)ccc2F)CCN(C(=C)CC(C)(C)C)CC1. The average Bonchev–Trinajstić information content (AvgIpc) is 2.48. The van der Waals surface area contributed by atoms with Crippen LogP contribution in [0.2, 0.25) is 0 Å². The Labute approximate surface area is 139 Å². The van der Waals surface area contributed by atoms with Crippen LogP contribution < -0.4 is 0 Å². The Morgan fingerprint density at radius 2 is 2.00 bits per heavy atom. The van der Waals surface area contributed by atoms with E-state index in [9.17, 15) is 4.39 Å². The molecule has 0 aromatic carbocycles. The first kappa shape index (κ1) is 17.5. The fourth-order valence-electron chi connectivity index (χ4n) is 3.25. The Hall–Kier alpha value is -1.82. The molecule has 1 aromatic heterocycles. The van der Waals surface area contributed by atoms with Gasteiger partial charge in [0.15, 0.2) is 0 Å². The topological polar surface area (TPSA) is 16.1 Å². The molecule has 1 aliphatic heterocycles. The van der Waals surface area contributed by atoms with E-state index in [1.54, 1.807) is 6.07 Å². The Balaban J connectivity index is 2.16. The monoisotopic (exact) mass is 314 g/mol. The van der Waals surface area contributed by atoms with Gasteiger partial charge in [-0.05, 0) is 43.7 Å². The van der Waals surface area contributed by atoms with E-state index in [0.29, 0.717) is 18.5 Å². The molecular weight excluding hydrogens is 287 g/mol. The molecule has 0 amide bonds. The van der Waals surface area contributed by atoms with Gasteiger partial charge in [-0.1, -0.05) is 33.3 Å². The van der Waals surface area contributed by atoms with Crippen LogP contribution in [0.25, 0.3) is 0 Å². The van der Waals surface area contributed by atoms with Crippen molar-refractivity contribution in [3.05, 3.63) is 41.6 Å². The lowest BCUT2D eigenvalue weighted by Crippen LogP contribution is -2.42. The van der Waals surface area contributed by atoms with Crippen LogP contribution in [-0.4, -0.2) is 23.0 Å². The van der Waals surface area contributed by atoms with Crippen LogP contribution in [0.5, 0.6) is 0 Å². The molecule has 0 aliphatic carbocycles. The van der Waals surface area contributed by atoms with Crippen molar-refractivity contribution < 1.29 is 4.39 Å². The van der Waals surface area contributed by atoms with Gasteiger partial charge in [0.05, 0.1) is 11.1 Å². The minimum absolute atomic E-state index is 0.210. The maximum atomic E-state index is 14.3. The smallest absolute Gasteiger partial charge is 0.146 e. The van der Waals surface area contributed by atoms with Gasteiger partial charge in [-0.3, -0.25) is 4.98 Å². The fraction of sp³-hybridized carbons (Fsp3) is 0.550. The first-order chi connectivity index (χ1) is 10.7. The van der Waals surface area contributed by atoms with Gasteiger partial charge in [-0.15, -0.1) is 6.42 Å². The minimum atomic E-state index is -0.603. The van der Waals surface area contributed by atoms with Crippen molar-refractivity contribution in [3.63, 3.8) is 0 Å². The molecule has 1 saturated heterocycles. The second-order valence-corrected chi connectivity index (χ2v) is 7.80. The van der Waals surface area contributed by atoms with E-state index in [1.807, 2.05) is 6.92 Å². The van der Waals surface area contributed by atoms with Crippen molar-refractivity contribution in [2.24, 2.45) is 5.41 Å². The number of allylic oxidation sites excluding steroid dienone is 1. The molecule has 0 saturated carbocycles. The van der Waals surface area contributed by atoms with Crippen molar-refractivity contribution in [2.45, 2.75) is 52.4 Å². The van der Waals surface area contributed by atoms with Gasteiger partial charge in [0, 0.05) is 24.5 Å². The number of aryl methyl sites for hydroxylation is 1. The molecule has 124 valence electrons. The highest BCUT2D eigenvalue weighted by atomic mass is 19.1. The minimum Gasteiger partial charge on any atom is -0.375 e. The largest absolute Gasteiger partial charge is 0.375 e. The van der Waals surface area contributed by atoms with Crippen molar-refractivity contribution in [1.82, 2.24) is 9.88 Å². The number of nitrogens with zero attached hydrogens (tertiary/aromatic N) is 2. The lowest BCUT2D eigenvalue weighted by Gasteiger charge is -2.41. The van der Waals surface area contributed by atoms with Crippen molar-refractivity contribution >= 4 is 0 Å².